The lowest BCUT2D eigenvalue weighted by molar-refractivity contribution is -0.153. The molecule has 3 aliphatic carbocycles. The quantitative estimate of drug-likeness (QED) is 0.268. The fourth-order valence-electron chi connectivity index (χ4n) is 6.50. The van der Waals surface area contributed by atoms with Crippen LogP contribution in [0.25, 0.3) is 5.76 Å². The van der Waals surface area contributed by atoms with Crippen molar-refractivity contribution < 1.29 is 34.8 Å². The Kier molecular flexibility index (Phi) is 7.68. The Morgan fingerprint density at radius 2 is 1.87 bits per heavy atom. The summed E-state index contributed by atoms with van der Waals surface area (Å²) in [5.74, 6) is -5.92. The number of Topliss-reactive ketones (excluding diaryl/α,β-unsaturated/α-hetero) is 2. The van der Waals surface area contributed by atoms with Gasteiger partial charge >= 0.3 is 0 Å². The molecule has 4 rings (SSSR count). The minimum atomic E-state index is -2.64. The summed E-state index contributed by atoms with van der Waals surface area (Å²) in [7, 11) is 3.16. The van der Waals surface area contributed by atoms with Gasteiger partial charge in [0.2, 0.25) is 5.78 Å². The Labute approximate surface area is 228 Å². The number of likely N-dealkylation sites (N-methyl/N-ethyl adjacent to an activating group) is 1. The van der Waals surface area contributed by atoms with E-state index in [4.69, 9.17) is 5.73 Å². The van der Waals surface area contributed by atoms with Crippen molar-refractivity contribution in [1.29, 1.82) is 0 Å². The van der Waals surface area contributed by atoms with E-state index in [1.807, 2.05) is 13.0 Å². The summed E-state index contributed by atoms with van der Waals surface area (Å²) in [4.78, 5) is 40.8. The summed E-state index contributed by atoms with van der Waals surface area (Å²) < 4.78 is 0. The van der Waals surface area contributed by atoms with Gasteiger partial charge in [-0.2, -0.15) is 0 Å². The number of benzene rings is 1. The number of nitrogens with two attached hydrogens (primary N) is 1. The molecule has 3 aliphatic rings. The van der Waals surface area contributed by atoms with E-state index in [1.54, 1.807) is 14.1 Å². The van der Waals surface area contributed by atoms with Crippen molar-refractivity contribution >= 4 is 23.2 Å². The number of hydrogen-bond acceptors (Lipinski definition) is 9. The lowest BCUT2D eigenvalue weighted by Gasteiger charge is -2.50. The topological polar surface area (TPSA) is 173 Å². The van der Waals surface area contributed by atoms with Crippen molar-refractivity contribution in [3.05, 3.63) is 45.2 Å². The minimum Gasteiger partial charge on any atom is -0.508 e. The zero-order chi connectivity index (χ0) is 29.0. The number of amides is 1. The third-order valence-electron chi connectivity index (χ3n) is 8.78. The number of aromatic hydroxyl groups is 1. The Balaban J connectivity index is 1.87. The van der Waals surface area contributed by atoms with Crippen LogP contribution in [0.3, 0.4) is 0 Å². The smallest absolute Gasteiger partial charge is 0.255 e. The number of hydrogen-bond donors (Lipinski definition) is 6. The fraction of sp³-hybridized carbons (Fsp3) is 0.552. The van der Waals surface area contributed by atoms with E-state index in [0.29, 0.717) is 36.4 Å². The van der Waals surface area contributed by atoms with Crippen LogP contribution in [0.4, 0.5) is 0 Å². The monoisotopic (exact) mass is 541 g/mol. The van der Waals surface area contributed by atoms with Crippen LogP contribution in [-0.4, -0.2) is 75.1 Å². The molecule has 1 saturated carbocycles. The number of aliphatic hydroxyl groups excluding tert-OH is 2. The number of aryl methyl sites for hydroxylation is 1. The number of nitrogens with one attached hydrogen (secondary N) is 1. The molecule has 212 valence electrons. The second-order valence-electron chi connectivity index (χ2n) is 11.4. The summed E-state index contributed by atoms with van der Waals surface area (Å²) >= 11 is 0. The van der Waals surface area contributed by atoms with Crippen molar-refractivity contribution in [3.8, 4) is 5.75 Å². The number of carbonyl (C=O) groups excluding carboxylic acids is 3. The Morgan fingerprint density at radius 1 is 1.21 bits per heavy atom. The largest absolute Gasteiger partial charge is 0.508 e. The summed E-state index contributed by atoms with van der Waals surface area (Å²) in [6.45, 7) is 7.30. The van der Waals surface area contributed by atoms with Gasteiger partial charge in [-0.05, 0) is 62.9 Å². The maximum Gasteiger partial charge on any atom is 0.255 e. The first-order valence-corrected chi connectivity index (χ1v) is 13.5. The molecule has 0 heterocycles. The SMILES string of the molecule is CCc1cc(CNCC(C)CC)c(O)c2c1C[C@H]1C[C@H]3[C@H](N(C)C)C(=O)C(C(N)=O)=C(O)[C@@]3(O)C(=O)C1=C2O. The Bertz CT molecular complexity index is 1300. The van der Waals surface area contributed by atoms with Crippen LogP contribution in [0.1, 0.15) is 55.9 Å². The van der Waals surface area contributed by atoms with Gasteiger partial charge in [0.1, 0.15) is 22.8 Å². The molecule has 0 bridgehead atoms. The van der Waals surface area contributed by atoms with E-state index in [1.165, 1.54) is 4.90 Å². The number of primary amides is 1. The third kappa shape index (κ3) is 4.34. The molecule has 7 N–H and O–H groups in total. The average Bonchev–Trinajstić information content (AvgIpc) is 2.86. The molecule has 1 amide bonds. The van der Waals surface area contributed by atoms with Gasteiger partial charge in [-0.25, -0.2) is 0 Å². The van der Waals surface area contributed by atoms with Crippen LogP contribution >= 0.6 is 0 Å². The molecule has 0 radical (unpaired) electrons. The molecule has 0 spiro atoms. The number of nitrogens with zero attached hydrogens (tertiary/aromatic N) is 1. The van der Waals surface area contributed by atoms with E-state index >= 15 is 0 Å². The second-order valence-corrected chi connectivity index (χ2v) is 11.4. The van der Waals surface area contributed by atoms with Gasteiger partial charge in [0.05, 0.1) is 11.6 Å². The van der Waals surface area contributed by atoms with Gasteiger partial charge in [0.25, 0.3) is 5.91 Å². The van der Waals surface area contributed by atoms with Crippen molar-refractivity contribution in [1.82, 2.24) is 10.2 Å². The minimum absolute atomic E-state index is 0.0773. The van der Waals surface area contributed by atoms with Gasteiger partial charge < -0.3 is 31.5 Å². The highest BCUT2D eigenvalue weighted by molar-refractivity contribution is 6.24. The number of carbonyl (C=O) groups is 3. The van der Waals surface area contributed by atoms with E-state index < -0.39 is 58.0 Å². The van der Waals surface area contributed by atoms with Gasteiger partial charge in [0.15, 0.2) is 11.4 Å². The number of rotatable bonds is 8. The molecule has 10 nitrogen and oxygen atoms in total. The highest BCUT2D eigenvalue weighted by Gasteiger charge is 2.64. The van der Waals surface area contributed by atoms with Crippen molar-refractivity contribution in [2.24, 2.45) is 23.5 Å². The molecule has 0 aliphatic heterocycles. The molecule has 0 aromatic heterocycles. The first-order valence-electron chi connectivity index (χ1n) is 13.5. The first kappa shape index (κ1) is 28.8. The summed E-state index contributed by atoms with van der Waals surface area (Å²) in [5, 5.41) is 48.8. The molecule has 1 unspecified atom stereocenters. The van der Waals surface area contributed by atoms with Crippen LogP contribution in [0.5, 0.6) is 5.75 Å². The maximum atomic E-state index is 14.0. The fourth-order valence-corrected chi connectivity index (χ4v) is 6.50. The molecule has 39 heavy (non-hydrogen) atoms. The first-order chi connectivity index (χ1) is 18.3. The van der Waals surface area contributed by atoms with E-state index in [2.05, 4.69) is 19.2 Å². The third-order valence-corrected chi connectivity index (χ3v) is 8.78. The standard InChI is InChI=1S/C29H39N3O7/c1-6-13(3)11-31-12-16-8-14(7-2)17-9-15-10-18-22(32(4)5)25(35)21(28(30)38)27(37)29(18,39)26(36)19(15)24(34)20(17)23(16)33/h8,13,15,18,22,31,33-34,37,39H,6-7,9-12H2,1-5H3,(H2,30,38)/t13?,15-,18-,22-,29-/m0/s1. The summed E-state index contributed by atoms with van der Waals surface area (Å²) in [6.07, 6.45) is 2.00. The van der Waals surface area contributed by atoms with E-state index in [0.717, 1.165) is 18.5 Å². The van der Waals surface area contributed by atoms with Crippen LogP contribution in [0.15, 0.2) is 23.0 Å². The summed E-state index contributed by atoms with van der Waals surface area (Å²) in [6, 6.07) is 0.817. The molecule has 5 atom stereocenters. The van der Waals surface area contributed by atoms with Crippen LogP contribution in [0, 0.1) is 17.8 Å². The highest BCUT2D eigenvalue weighted by atomic mass is 16.3. The molecular formula is C29H39N3O7. The summed E-state index contributed by atoms with van der Waals surface area (Å²) in [5.41, 5.74) is 4.15. The van der Waals surface area contributed by atoms with Gasteiger partial charge in [-0.3, -0.25) is 19.3 Å². The molecule has 1 fully saturated rings. The second kappa shape index (κ2) is 10.4. The molecule has 1 aromatic carbocycles. The lowest BCUT2D eigenvalue weighted by Crippen LogP contribution is -2.65. The zero-order valence-corrected chi connectivity index (χ0v) is 23.2. The van der Waals surface area contributed by atoms with Gasteiger partial charge in [-0.1, -0.05) is 33.3 Å². The van der Waals surface area contributed by atoms with Crippen LogP contribution in [-0.2, 0) is 33.8 Å². The average molecular weight is 542 g/mol. The molecule has 0 saturated heterocycles. The number of fused-ring (bicyclic) bond motifs is 3. The highest BCUT2D eigenvalue weighted by Crippen LogP contribution is 2.53. The predicted octanol–water partition coefficient (Wildman–Crippen LogP) is 1.66. The van der Waals surface area contributed by atoms with Crippen molar-refractivity contribution in [2.45, 2.75) is 64.6 Å². The number of ketones is 2. The molecule has 10 heteroatoms. The Hall–Kier alpha value is -3.21. The zero-order valence-electron chi connectivity index (χ0n) is 23.2. The number of phenolic OH excluding ortho intramolecular Hbond substituents is 1. The maximum absolute atomic E-state index is 14.0. The molecule has 1 aromatic rings. The number of phenols is 1. The van der Waals surface area contributed by atoms with Crippen LogP contribution < -0.4 is 11.1 Å². The molecular weight excluding hydrogens is 502 g/mol. The number of aliphatic hydroxyl groups is 3. The van der Waals surface area contributed by atoms with Crippen molar-refractivity contribution in [2.75, 3.05) is 20.6 Å². The van der Waals surface area contributed by atoms with Crippen LogP contribution in [0.2, 0.25) is 0 Å². The van der Waals surface area contributed by atoms with Crippen molar-refractivity contribution in [3.63, 3.8) is 0 Å². The van der Waals surface area contributed by atoms with E-state index in [9.17, 15) is 34.8 Å². The van der Waals surface area contributed by atoms with E-state index in [-0.39, 0.29) is 23.3 Å². The van der Waals surface area contributed by atoms with Gasteiger partial charge in [-0.15, -0.1) is 0 Å². The lowest BCUT2D eigenvalue weighted by atomic mass is 9.57. The van der Waals surface area contributed by atoms with Gasteiger partial charge in [0, 0.05) is 23.6 Å². The normalized spacial score (nSPS) is 27.4. The predicted molar refractivity (Wildman–Crippen MR) is 145 cm³/mol. The Morgan fingerprint density at radius 3 is 2.44 bits per heavy atom.